The van der Waals surface area contributed by atoms with Gasteiger partial charge in [0.25, 0.3) is 0 Å². The van der Waals surface area contributed by atoms with Crippen LogP contribution >= 0.6 is 11.6 Å². The molecular weight excluding hydrogens is 216 g/mol. The van der Waals surface area contributed by atoms with Crippen molar-refractivity contribution in [3.8, 4) is 0 Å². The lowest BCUT2D eigenvalue weighted by Gasteiger charge is -1.99. The molecule has 0 aliphatic heterocycles. The Kier molecular flexibility index (Phi) is 5.04. The number of nitrogens with zero attached hydrogens (tertiary/aromatic N) is 2. The Labute approximate surface area is 93.3 Å². The van der Waals surface area contributed by atoms with Crippen molar-refractivity contribution in [2.75, 3.05) is 0 Å². The minimum Gasteiger partial charge on any atom is -0.481 e. The van der Waals surface area contributed by atoms with Crippen molar-refractivity contribution in [2.24, 2.45) is 0 Å². The van der Waals surface area contributed by atoms with Crippen molar-refractivity contribution in [2.45, 2.75) is 32.1 Å². The van der Waals surface area contributed by atoms with Crippen LogP contribution in [0.15, 0.2) is 12.4 Å². The molecule has 0 spiro atoms. The van der Waals surface area contributed by atoms with Crippen LogP contribution in [0.2, 0.25) is 5.28 Å². The summed E-state index contributed by atoms with van der Waals surface area (Å²) in [7, 11) is 0. The molecule has 1 aromatic heterocycles. The monoisotopic (exact) mass is 228 g/mol. The first kappa shape index (κ1) is 11.9. The highest BCUT2D eigenvalue weighted by Crippen LogP contribution is 2.07. The van der Waals surface area contributed by atoms with Gasteiger partial charge in [0.1, 0.15) is 0 Å². The Morgan fingerprint density at radius 2 is 1.93 bits per heavy atom. The van der Waals surface area contributed by atoms with E-state index in [9.17, 15) is 4.79 Å². The Morgan fingerprint density at radius 1 is 1.27 bits per heavy atom. The first-order valence-corrected chi connectivity index (χ1v) is 5.24. The van der Waals surface area contributed by atoms with Gasteiger partial charge in [-0.1, -0.05) is 6.42 Å². The summed E-state index contributed by atoms with van der Waals surface area (Å²) in [5.74, 6) is -0.732. The summed E-state index contributed by atoms with van der Waals surface area (Å²) in [5.41, 5.74) is 1.04. The minimum atomic E-state index is -0.732. The van der Waals surface area contributed by atoms with Crippen LogP contribution in [0.5, 0.6) is 0 Å². The molecule has 0 unspecified atom stereocenters. The van der Waals surface area contributed by atoms with Gasteiger partial charge in [0.15, 0.2) is 0 Å². The van der Waals surface area contributed by atoms with Gasteiger partial charge in [-0.3, -0.25) is 4.79 Å². The van der Waals surface area contributed by atoms with Crippen LogP contribution in [0.3, 0.4) is 0 Å². The molecule has 1 heterocycles. The zero-order valence-electron chi connectivity index (χ0n) is 8.32. The third-order valence-corrected chi connectivity index (χ3v) is 2.23. The number of hydrogen-bond donors (Lipinski definition) is 1. The summed E-state index contributed by atoms with van der Waals surface area (Å²) < 4.78 is 0. The Balaban J connectivity index is 2.15. The van der Waals surface area contributed by atoms with E-state index in [1.54, 1.807) is 12.4 Å². The van der Waals surface area contributed by atoms with Gasteiger partial charge < -0.3 is 5.11 Å². The van der Waals surface area contributed by atoms with Gasteiger partial charge >= 0.3 is 5.97 Å². The van der Waals surface area contributed by atoms with E-state index in [2.05, 4.69) is 9.97 Å². The summed E-state index contributed by atoms with van der Waals surface area (Å²) in [6.45, 7) is 0. The van der Waals surface area contributed by atoms with Crippen molar-refractivity contribution in [1.82, 2.24) is 9.97 Å². The molecule has 0 saturated carbocycles. The van der Waals surface area contributed by atoms with Gasteiger partial charge in [-0.2, -0.15) is 0 Å². The zero-order valence-corrected chi connectivity index (χ0v) is 9.07. The van der Waals surface area contributed by atoms with E-state index in [0.29, 0.717) is 0 Å². The number of carbonyl (C=O) groups is 1. The average molecular weight is 229 g/mol. The number of rotatable bonds is 6. The topological polar surface area (TPSA) is 63.1 Å². The number of aryl methyl sites for hydroxylation is 1. The van der Waals surface area contributed by atoms with Crippen LogP contribution in [0.1, 0.15) is 31.2 Å². The number of carboxylic acids is 1. The van der Waals surface area contributed by atoms with Gasteiger partial charge in [0, 0.05) is 18.8 Å². The lowest BCUT2D eigenvalue weighted by Crippen LogP contribution is -1.94. The molecule has 15 heavy (non-hydrogen) atoms. The molecule has 82 valence electrons. The molecule has 1 N–H and O–H groups in total. The second-order valence-electron chi connectivity index (χ2n) is 3.31. The van der Waals surface area contributed by atoms with E-state index >= 15 is 0 Å². The van der Waals surface area contributed by atoms with Crippen molar-refractivity contribution in [3.63, 3.8) is 0 Å². The quantitative estimate of drug-likeness (QED) is 0.600. The molecule has 0 fully saturated rings. The molecule has 0 radical (unpaired) electrons. The number of halogens is 1. The van der Waals surface area contributed by atoms with Gasteiger partial charge in [0.05, 0.1) is 0 Å². The van der Waals surface area contributed by atoms with E-state index in [1.807, 2.05) is 0 Å². The summed E-state index contributed by atoms with van der Waals surface area (Å²) in [4.78, 5) is 18.0. The maximum Gasteiger partial charge on any atom is 0.303 e. The molecule has 1 aromatic rings. The van der Waals surface area contributed by atoms with Crippen molar-refractivity contribution in [1.29, 1.82) is 0 Å². The van der Waals surface area contributed by atoms with Crippen LogP contribution in [0.25, 0.3) is 0 Å². The van der Waals surface area contributed by atoms with Gasteiger partial charge in [0.2, 0.25) is 5.28 Å². The first-order chi connectivity index (χ1) is 7.18. The second-order valence-corrected chi connectivity index (χ2v) is 3.65. The number of unbranched alkanes of at least 4 members (excludes halogenated alkanes) is 2. The van der Waals surface area contributed by atoms with Gasteiger partial charge in [-0.15, -0.1) is 0 Å². The molecule has 0 saturated heterocycles. The number of hydrogen-bond acceptors (Lipinski definition) is 3. The summed E-state index contributed by atoms with van der Waals surface area (Å²) >= 11 is 5.54. The van der Waals surface area contributed by atoms with Crippen molar-refractivity contribution < 1.29 is 9.90 Å². The molecule has 0 atom stereocenters. The second kappa shape index (κ2) is 6.35. The average Bonchev–Trinajstić information content (AvgIpc) is 2.20. The van der Waals surface area contributed by atoms with E-state index in [4.69, 9.17) is 16.7 Å². The summed E-state index contributed by atoms with van der Waals surface area (Å²) in [6, 6.07) is 0. The maximum absolute atomic E-state index is 10.2. The van der Waals surface area contributed by atoms with Crippen LogP contribution in [-0.4, -0.2) is 21.0 Å². The van der Waals surface area contributed by atoms with Crippen LogP contribution in [0, 0.1) is 0 Å². The summed E-state index contributed by atoms with van der Waals surface area (Å²) in [5, 5.41) is 8.68. The molecule has 0 aromatic carbocycles. The summed E-state index contributed by atoms with van der Waals surface area (Å²) in [6.07, 6.45) is 7.12. The molecule has 0 aliphatic rings. The lowest BCUT2D eigenvalue weighted by molar-refractivity contribution is -0.137. The van der Waals surface area contributed by atoms with Crippen LogP contribution in [0.4, 0.5) is 0 Å². The molecule has 4 nitrogen and oxygen atoms in total. The van der Waals surface area contributed by atoms with E-state index in [-0.39, 0.29) is 11.7 Å². The standard InChI is InChI=1S/C10H13ClN2O2/c11-10-12-6-8(7-13-10)4-2-1-3-5-9(14)15/h6-7H,1-5H2,(H,14,15). The Morgan fingerprint density at radius 3 is 2.53 bits per heavy atom. The van der Waals surface area contributed by atoms with Crippen LogP contribution in [-0.2, 0) is 11.2 Å². The van der Waals surface area contributed by atoms with Gasteiger partial charge in [-0.25, -0.2) is 9.97 Å². The van der Waals surface area contributed by atoms with E-state index in [0.717, 1.165) is 31.2 Å². The number of carboxylic acid groups (broad SMARTS) is 1. The highest BCUT2D eigenvalue weighted by molar-refractivity contribution is 6.28. The molecular formula is C10H13ClN2O2. The number of aromatic nitrogens is 2. The highest BCUT2D eigenvalue weighted by Gasteiger charge is 1.98. The van der Waals surface area contributed by atoms with E-state index < -0.39 is 5.97 Å². The largest absolute Gasteiger partial charge is 0.481 e. The predicted octanol–water partition coefficient (Wildman–Crippen LogP) is 2.32. The lowest BCUT2D eigenvalue weighted by atomic mass is 10.1. The smallest absolute Gasteiger partial charge is 0.303 e. The van der Waals surface area contributed by atoms with E-state index in [1.165, 1.54) is 0 Å². The van der Waals surface area contributed by atoms with Crippen LogP contribution < -0.4 is 0 Å². The molecule has 5 heteroatoms. The van der Waals surface area contributed by atoms with Crippen molar-refractivity contribution in [3.05, 3.63) is 23.2 Å². The molecule has 0 amide bonds. The Hall–Kier alpha value is -1.16. The highest BCUT2D eigenvalue weighted by atomic mass is 35.5. The fourth-order valence-corrected chi connectivity index (χ4v) is 1.35. The Bertz CT molecular complexity index is 314. The fourth-order valence-electron chi connectivity index (χ4n) is 1.25. The zero-order chi connectivity index (χ0) is 11.1. The fraction of sp³-hybridized carbons (Fsp3) is 0.500. The number of aliphatic carboxylic acids is 1. The SMILES string of the molecule is O=C(O)CCCCCc1cnc(Cl)nc1. The molecule has 0 bridgehead atoms. The third kappa shape index (κ3) is 5.32. The predicted molar refractivity (Wildman–Crippen MR) is 56.8 cm³/mol. The molecule has 0 aliphatic carbocycles. The minimum absolute atomic E-state index is 0.247. The normalized spacial score (nSPS) is 10.2. The third-order valence-electron chi connectivity index (χ3n) is 2.03. The first-order valence-electron chi connectivity index (χ1n) is 4.86. The maximum atomic E-state index is 10.2. The molecule has 1 rings (SSSR count). The van der Waals surface area contributed by atoms with Crippen molar-refractivity contribution >= 4 is 17.6 Å². The van der Waals surface area contributed by atoms with Gasteiger partial charge in [-0.05, 0) is 36.4 Å².